The molecule has 0 saturated heterocycles. The molecule has 0 atom stereocenters. The number of likely N-dealkylation sites (N-methyl/N-ethyl adjacent to an activating group) is 1. The highest BCUT2D eigenvalue weighted by Crippen LogP contribution is 2.18. The van der Waals surface area contributed by atoms with E-state index in [-0.39, 0.29) is 0 Å². The smallest absolute Gasteiger partial charge is 0.193 e. The first-order chi connectivity index (χ1) is 12.0. The van der Waals surface area contributed by atoms with Crippen molar-refractivity contribution < 1.29 is 4.74 Å². The minimum atomic E-state index is 0.601. The summed E-state index contributed by atoms with van der Waals surface area (Å²) < 4.78 is 5.85. The van der Waals surface area contributed by atoms with Crippen LogP contribution in [-0.2, 0) is 6.54 Å². The van der Waals surface area contributed by atoms with Gasteiger partial charge in [0, 0.05) is 33.6 Å². The second-order valence-corrected chi connectivity index (χ2v) is 6.79. The van der Waals surface area contributed by atoms with Crippen molar-refractivity contribution in [3.05, 3.63) is 40.9 Å². The molecule has 1 N–H and O–H groups in total. The number of thiazole rings is 1. The molecular weight excluding hydrogens is 334 g/mol. The summed E-state index contributed by atoms with van der Waals surface area (Å²) >= 11 is 1.64. The SMILES string of the molecule is CN=C(NCc1csc(N(C)C)n1)N(C)CCOc1ccccc1C. The number of nitrogens with zero attached hydrogens (tertiary/aromatic N) is 4. The van der Waals surface area contributed by atoms with Gasteiger partial charge < -0.3 is 19.9 Å². The highest BCUT2D eigenvalue weighted by molar-refractivity contribution is 7.13. The number of benzene rings is 1. The predicted molar refractivity (Wildman–Crippen MR) is 106 cm³/mol. The zero-order valence-electron chi connectivity index (χ0n) is 15.6. The van der Waals surface area contributed by atoms with Crippen molar-refractivity contribution in [3.8, 4) is 5.75 Å². The molecule has 0 amide bonds. The van der Waals surface area contributed by atoms with Crippen molar-refractivity contribution in [2.24, 2.45) is 4.99 Å². The third-order valence-electron chi connectivity index (χ3n) is 3.70. The van der Waals surface area contributed by atoms with Crippen LogP contribution in [0.3, 0.4) is 0 Å². The van der Waals surface area contributed by atoms with E-state index in [0.717, 1.165) is 34.6 Å². The van der Waals surface area contributed by atoms with Gasteiger partial charge in [-0.15, -0.1) is 11.3 Å². The number of ether oxygens (including phenoxy) is 1. The van der Waals surface area contributed by atoms with Crippen LogP contribution in [0.15, 0.2) is 34.6 Å². The van der Waals surface area contributed by atoms with Crippen LogP contribution in [0.25, 0.3) is 0 Å². The minimum Gasteiger partial charge on any atom is -0.491 e. The van der Waals surface area contributed by atoms with E-state index in [2.05, 4.69) is 38.6 Å². The summed E-state index contributed by atoms with van der Waals surface area (Å²) in [6, 6.07) is 8.05. The van der Waals surface area contributed by atoms with Gasteiger partial charge in [-0.2, -0.15) is 0 Å². The number of hydrogen-bond donors (Lipinski definition) is 1. The second-order valence-electron chi connectivity index (χ2n) is 5.95. The first-order valence-corrected chi connectivity index (χ1v) is 9.11. The third-order valence-corrected chi connectivity index (χ3v) is 4.76. The lowest BCUT2D eigenvalue weighted by Gasteiger charge is -2.22. The molecule has 25 heavy (non-hydrogen) atoms. The lowest BCUT2D eigenvalue weighted by Crippen LogP contribution is -2.40. The van der Waals surface area contributed by atoms with Crippen LogP contribution in [0.5, 0.6) is 5.75 Å². The Hall–Kier alpha value is -2.28. The molecule has 0 saturated carbocycles. The molecule has 0 bridgehead atoms. The summed E-state index contributed by atoms with van der Waals surface area (Å²) in [4.78, 5) is 13.0. The molecule has 0 aliphatic rings. The molecule has 0 fully saturated rings. The van der Waals surface area contributed by atoms with Gasteiger partial charge in [-0.3, -0.25) is 4.99 Å². The monoisotopic (exact) mass is 361 g/mol. The molecule has 0 radical (unpaired) electrons. The average Bonchev–Trinajstić information content (AvgIpc) is 3.06. The third kappa shape index (κ3) is 5.63. The number of aryl methyl sites for hydroxylation is 1. The van der Waals surface area contributed by atoms with Crippen LogP contribution in [0.4, 0.5) is 5.13 Å². The van der Waals surface area contributed by atoms with Crippen LogP contribution in [0, 0.1) is 6.92 Å². The Kier molecular flexibility index (Phi) is 7.06. The second kappa shape index (κ2) is 9.27. The van der Waals surface area contributed by atoms with Gasteiger partial charge in [-0.1, -0.05) is 18.2 Å². The van der Waals surface area contributed by atoms with Crippen LogP contribution in [-0.4, -0.2) is 57.2 Å². The van der Waals surface area contributed by atoms with Gasteiger partial charge >= 0.3 is 0 Å². The van der Waals surface area contributed by atoms with Crippen LogP contribution in [0.2, 0.25) is 0 Å². The zero-order chi connectivity index (χ0) is 18.2. The maximum Gasteiger partial charge on any atom is 0.193 e. The van der Waals surface area contributed by atoms with Crippen LogP contribution < -0.4 is 15.0 Å². The highest BCUT2D eigenvalue weighted by atomic mass is 32.1. The van der Waals surface area contributed by atoms with Gasteiger partial charge in [0.05, 0.1) is 18.8 Å². The average molecular weight is 362 g/mol. The normalized spacial score (nSPS) is 11.3. The molecule has 2 rings (SSSR count). The number of guanidine groups is 1. The Morgan fingerprint density at radius 2 is 2.04 bits per heavy atom. The molecule has 0 spiro atoms. The van der Waals surface area contributed by atoms with Crippen LogP contribution in [0.1, 0.15) is 11.3 Å². The van der Waals surface area contributed by atoms with E-state index < -0.39 is 0 Å². The van der Waals surface area contributed by atoms with Crippen molar-refractivity contribution in [2.75, 3.05) is 46.2 Å². The Morgan fingerprint density at radius 1 is 1.28 bits per heavy atom. The molecule has 1 aromatic heterocycles. The number of rotatable bonds is 7. The first kappa shape index (κ1) is 19.1. The Bertz CT molecular complexity index is 698. The van der Waals surface area contributed by atoms with Gasteiger partial charge in [0.25, 0.3) is 0 Å². The van der Waals surface area contributed by atoms with Crippen LogP contribution >= 0.6 is 11.3 Å². The summed E-state index contributed by atoms with van der Waals surface area (Å²) in [5, 5.41) is 6.42. The molecule has 0 aliphatic carbocycles. The van der Waals surface area contributed by atoms with Crippen molar-refractivity contribution in [1.82, 2.24) is 15.2 Å². The van der Waals surface area contributed by atoms with Gasteiger partial charge in [0.15, 0.2) is 11.1 Å². The summed E-state index contributed by atoms with van der Waals surface area (Å²) in [5.74, 6) is 1.75. The van der Waals surface area contributed by atoms with Crippen molar-refractivity contribution >= 4 is 22.4 Å². The standard InChI is InChI=1S/C18H27N5OS/c1-14-8-6-7-9-16(14)24-11-10-23(5)17(19-2)20-12-15-13-25-18(21-15)22(3)4/h6-9,13H,10-12H2,1-5H3,(H,19,20). The fourth-order valence-electron chi connectivity index (χ4n) is 2.25. The van der Waals surface area contributed by atoms with Gasteiger partial charge in [-0.25, -0.2) is 4.98 Å². The molecular formula is C18H27N5OS. The highest BCUT2D eigenvalue weighted by Gasteiger charge is 2.08. The summed E-state index contributed by atoms with van der Waals surface area (Å²) in [5.41, 5.74) is 2.16. The summed E-state index contributed by atoms with van der Waals surface area (Å²) in [7, 11) is 7.78. The van der Waals surface area contributed by atoms with Crippen molar-refractivity contribution in [1.29, 1.82) is 0 Å². The Morgan fingerprint density at radius 3 is 2.68 bits per heavy atom. The number of nitrogens with one attached hydrogen (secondary N) is 1. The van der Waals surface area contributed by atoms with Crippen molar-refractivity contribution in [2.45, 2.75) is 13.5 Å². The lowest BCUT2D eigenvalue weighted by atomic mass is 10.2. The van der Waals surface area contributed by atoms with E-state index in [1.54, 1.807) is 18.4 Å². The van der Waals surface area contributed by atoms with Crippen molar-refractivity contribution in [3.63, 3.8) is 0 Å². The quantitative estimate of drug-likeness (QED) is 0.607. The Balaban J connectivity index is 1.80. The largest absolute Gasteiger partial charge is 0.491 e. The van der Waals surface area contributed by atoms with Gasteiger partial charge in [-0.05, 0) is 18.6 Å². The van der Waals surface area contributed by atoms with E-state index in [0.29, 0.717) is 13.2 Å². The van der Waals surface area contributed by atoms with Gasteiger partial charge in [0.2, 0.25) is 0 Å². The zero-order valence-corrected chi connectivity index (χ0v) is 16.4. The first-order valence-electron chi connectivity index (χ1n) is 8.23. The fraction of sp³-hybridized carbons (Fsp3) is 0.444. The Labute approximate surface area is 154 Å². The molecule has 0 aliphatic heterocycles. The number of para-hydroxylation sites is 1. The van der Waals surface area contributed by atoms with E-state index in [4.69, 9.17) is 4.74 Å². The molecule has 1 aromatic carbocycles. The van der Waals surface area contributed by atoms with E-state index in [9.17, 15) is 0 Å². The molecule has 7 heteroatoms. The maximum absolute atomic E-state index is 5.85. The number of aliphatic imine (C=N–C) groups is 1. The molecule has 136 valence electrons. The number of anilines is 1. The minimum absolute atomic E-state index is 0.601. The number of aromatic nitrogens is 1. The maximum atomic E-state index is 5.85. The van der Waals surface area contributed by atoms with E-state index >= 15 is 0 Å². The molecule has 6 nitrogen and oxygen atoms in total. The summed E-state index contributed by atoms with van der Waals surface area (Å²) in [6.07, 6.45) is 0. The number of hydrogen-bond acceptors (Lipinski definition) is 5. The van der Waals surface area contributed by atoms with Gasteiger partial charge in [0.1, 0.15) is 12.4 Å². The topological polar surface area (TPSA) is 53.0 Å². The van der Waals surface area contributed by atoms with E-state index in [1.165, 1.54) is 0 Å². The molecule has 0 unspecified atom stereocenters. The van der Waals surface area contributed by atoms with E-state index in [1.807, 2.05) is 44.2 Å². The fourth-order valence-corrected chi connectivity index (χ4v) is 3.01. The predicted octanol–water partition coefficient (Wildman–Crippen LogP) is 2.60. The summed E-state index contributed by atoms with van der Waals surface area (Å²) in [6.45, 7) is 4.05. The molecule has 2 aromatic rings. The lowest BCUT2D eigenvalue weighted by molar-refractivity contribution is 0.280. The molecule has 1 heterocycles.